The van der Waals surface area contributed by atoms with Gasteiger partial charge in [-0.15, -0.1) is 0 Å². The van der Waals surface area contributed by atoms with Crippen LogP contribution in [0.15, 0.2) is 47.7 Å². The van der Waals surface area contributed by atoms with Gasteiger partial charge in [0.25, 0.3) is 0 Å². The summed E-state index contributed by atoms with van der Waals surface area (Å²) in [6, 6.07) is 11.2. The molecular weight excluding hydrogens is 472 g/mol. The predicted molar refractivity (Wildman–Crippen MR) is 158 cm³/mol. The lowest BCUT2D eigenvalue weighted by molar-refractivity contribution is 0.248. The Morgan fingerprint density at radius 3 is 2.37 bits per heavy atom. The fourth-order valence-electron chi connectivity index (χ4n) is 5.02. The zero-order valence-electron chi connectivity index (χ0n) is 23.9. The first-order valence-corrected chi connectivity index (χ1v) is 13.6. The largest absolute Gasteiger partial charge is 0.338 e. The minimum Gasteiger partial charge on any atom is -0.338 e. The monoisotopic (exact) mass is 513 g/mol. The number of nitrogens with zero attached hydrogens (tertiary/aromatic N) is 7. The average molecular weight is 514 g/mol. The van der Waals surface area contributed by atoms with E-state index in [9.17, 15) is 0 Å². The number of benzene rings is 1. The van der Waals surface area contributed by atoms with E-state index in [-0.39, 0.29) is 5.41 Å². The molecule has 0 aliphatic carbocycles. The smallest absolute Gasteiger partial charge is 0.229 e. The summed E-state index contributed by atoms with van der Waals surface area (Å²) in [4.78, 5) is 23.8. The number of aliphatic imine (C=N–C) groups is 1. The quantitative estimate of drug-likeness (QED) is 0.435. The first-order valence-electron chi connectivity index (χ1n) is 13.6. The molecule has 0 bridgehead atoms. The summed E-state index contributed by atoms with van der Waals surface area (Å²) in [7, 11) is 2.19. The first kappa shape index (κ1) is 26.3. The highest BCUT2D eigenvalue weighted by Crippen LogP contribution is 2.45. The van der Waals surface area contributed by atoms with Gasteiger partial charge in [0.2, 0.25) is 23.3 Å². The number of aryl methyl sites for hydroxylation is 1. The first-order chi connectivity index (χ1) is 18.0. The molecule has 0 spiro atoms. The van der Waals surface area contributed by atoms with Gasteiger partial charge in [-0.25, -0.2) is 4.48 Å². The summed E-state index contributed by atoms with van der Waals surface area (Å²) in [5.41, 5.74) is 5.94. The van der Waals surface area contributed by atoms with Crippen molar-refractivity contribution in [1.82, 2.24) is 24.3 Å². The molecule has 1 fully saturated rings. The highest BCUT2D eigenvalue weighted by Gasteiger charge is 2.41. The van der Waals surface area contributed by atoms with Gasteiger partial charge >= 0.3 is 0 Å². The molecule has 2 aromatic heterocycles. The van der Waals surface area contributed by atoms with Crippen molar-refractivity contribution < 1.29 is 0 Å². The fourth-order valence-corrected chi connectivity index (χ4v) is 5.02. The summed E-state index contributed by atoms with van der Waals surface area (Å²) < 4.78 is 0.565. The standard InChI is InChI=1S/C30H41N8/c1-21(2)38(7)20-32-27-26(38)28(33-25-18-24(30(4,5)6)9-8-22(25)3)35-29(34-27)37-16-14-36(15-17-37)19-23-10-12-31-13-11-23/h8-13,18,20-21H,14-17,19H2,1-7H3,(H,33,34,35)/q+1. The zero-order valence-corrected chi connectivity index (χ0v) is 23.9. The maximum absolute atomic E-state index is 5.16. The third-order valence-electron chi connectivity index (χ3n) is 8.00. The van der Waals surface area contributed by atoms with Gasteiger partial charge in [-0.05, 0) is 61.1 Å². The number of aromatic nitrogens is 3. The molecule has 5 rings (SSSR count). The molecule has 1 unspecified atom stereocenters. The van der Waals surface area contributed by atoms with Crippen LogP contribution in [0.3, 0.4) is 0 Å². The highest BCUT2D eigenvalue weighted by atomic mass is 15.4. The fraction of sp³-hybridized carbons (Fsp3) is 0.467. The number of quaternary nitrogens is 1. The Hall–Kier alpha value is -3.36. The van der Waals surface area contributed by atoms with E-state index in [4.69, 9.17) is 15.0 Å². The molecule has 200 valence electrons. The van der Waals surface area contributed by atoms with Crippen molar-refractivity contribution in [3.05, 3.63) is 59.4 Å². The van der Waals surface area contributed by atoms with E-state index < -0.39 is 0 Å². The van der Waals surface area contributed by atoms with Crippen LogP contribution in [0, 0.1) is 6.92 Å². The van der Waals surface area contributed by atoms with Crippen LogP contribution in [0.25, 0.3) is 0 Å². The molecule has 8 heteroatoms. The van der Waals surface area contributed by atoms with Gasteiger partial charge in [0.05, 0.1) is 13.1 Å². The summed E-state index contributed by atoms with van der Waals surface area (Å²) in [6.45, 7) is 17.9. The Labute approximate surface area is 227 Å². The Balaban J connectivity index is 1.45. The maximum Gasteiger partial charge on any atom is 0.229 e. The lowest BCUT2D eigenvalue weighted by atomic mass is 9.86. The van der Waals surface area contributed by atoms with E-state index in [0.717, 1.165) is 61.7 Å². The average Bonchev–Trinajstić information content (AvgIpc) is 3.24. The molecule has 2 aliphatic heterocycles. The van der Waals surface area contributed by atoms with E-state index in [2.05, 4.69) is 99.0 Å². The van der Waals surface area contributed by atoms with Gasteiger partial charge in [0, 0.05) is 50.8 Å². The molecule has 2 aliphatic rings. The van der Waals surface area contributed by atoms with Crippen molar-refractivity contribution in [2.24, 2.45) is 4.99 Å². The lowest BCUT2D eigenvalue weighted by Gasteiger charge is -2.35. The number of hydrogen-bond acceptors (Lipinski definition) is 7. The van der Waals surface area contributed by atoms with Crippen LogP contribution < -0.4 is 14.7 Å². The van der Waals surface area contributed by atoms with Gasteiger partial charge < -0.3 is 10.2 Å². The molecular formula is C30H41N8+. The second-order valence-electron chi connectivity index (χ2n) is 12.1. The molecule has 1 atom stereocenters. The van der Waals surface area contributed by atoms with Crippen LogP contribution in [-0.4, -0.2) is 65.5 Å². The van der Waals surface area contributed by atoms with Crippen LogP contribution >= 0.6 is 0 Å². The zero-order chi connectivity index (χ0) is 27.1. The lowest BCUT2D eigenvalue weighted by Crippen LogP contribution is -2.48. The number of pyridine rings is 1. The molecule has 0 amide bonds. The molecule has 1 aromatic carbocycles. The Kier molecular flexibility index (Phi) is 6.96. The second-order valence-corrected chi connectivity index (χ2v) is 12.1. The normalized spacial score (nSPS) is 19.7. The van der Waals surface area contributed by atoms with Crippen molar-refractivity contribution in [2.45, 2.75) is 59.5 Å². The molecule has 1 saturated heterocycles. The van der Waals surface area contributed by atoms with Crippen molar-refractivity contribution in [3.63, 3.8) is 0 Å². The van der Waals surface area contributed by atoms with E-state index in [0.29, 0.717) is 10.5 Å². The summed E-state index contributed by atoms with van der Waals surface area (Å²) >= 11 is 0. The molecule has 38 heavy (non-hydrogen) atoms. The van der Waals surface area contributed by atoms with Gasteiger partial charge in [-0.2, -0.15) is 15.0 Å². The van der Waals surface area contributed by atoms with Crippen molar-refractivity contribution in [3.8, 4) is 0 Å². The van der Waals surface area contributed by atoms with Gasteiger partial charge in [-0.1, -0.05) is 32.9 Å². The summed E-state index contributed by atoms with van der Waals surface area (Å²) in [5, 5.41) is 3.73. The number of hydrogen-bond donors (Lipinski definition) is 1. The van der Waals surface area contributed by atoms with Crippen LogP contribution in [0.1, 0.15) is 51.3 Å². The Morgan fingerprint density at radius 1 is 1.00 bits per heavy atom. The third-order valence-corrected chi connectivity index (χ3v) is 8.00. The molecule has 4 heterocycles. The summed E-state index contributed by atoms with van der Waals surface area (Å²) in [5.74, 6) is 2.35. The van der Waals surface area contributed by atoms with Gasteiger partial charge in [-0.3, -0.25) is 9.88 Å². The topological polar surface area (TPSA) is 69.5 Å². The van der Waals surface area contributed by atoms with Gasteiger partial charge in [0.15, 0.2) is 6.34 Å². The SMILES string of the molecule is Cc1ccc(C(C)(C)C)cc1Nc1nc(N2CCN(Cc3ccncc3)CC2)nc2c1[N+](C)(C(C)C)C=N2. The van der Waals surface area contributed by atoms with E-state index in [1.807, 2.05) is 18.7 Å². The third kappa shape index (κ3) is 5.15. The second kappa shape index (κ2) is 10.1. The summed E-state index contributed by atoms with van der Waals surface area (Å²) in [6.07, 6.45) is 5.73. The van der Waals surface area contributed by atoms with Crippen molar-refractivity contribution >= 4 is 35.3 Å². The number of fused-ring (bicyclic) bond motifs is 1. The molecule has 0 saturated carbocycles. The van der Waals surface area contributed by atoms with Crippen LogP contribution in [-0.2, 0) is 12.0 Å². The van der Waals surface area contributed by atoms with Crippen LogP contribution in [0.2, 0.25) is 0 Å². The molecule has 3 aromatic rings. The van der Waals surface area contributed by atoms with E-state index in [1.165, 1.54) is 16.7 Å². The Bertz CT molecular complexity index is 1320. The van der Waals surface area contributed by atoms with E-state index in [1.54, 1.807) is 0 Å². The van der Waals surface area contributed by atoms with Crippen LogP contribution in [0.4, 0.5) is 29.0 Å². The molecule has 0 radical (unpaired) electrons. The Morgan fingerprint density at radius 2 is 1.71 bits per heavy atom. The number of nitrogens with one attached hydrogen (secondary N) is 1. The molecule has 1 N–H and O–H groups in total. The maximum atomic E-state index is 5.16. The van der Waals surface area contributed by atoms with Gasteiger partial charge in [0.1, 0.15) is 0 Å². The van der Waals surface area contributed by atoms with Crippen molar-refractivity contribution in [1.29, 1.82) is 0 Å². The number of rotatable bonds is 6. The molecule has 8 nitrogen and oxygen atoms in total. The van der Waals surface area contributed by atoms with Crippen LogP contribution in [0.5, 0.6) is 0 Å². The van der Waals surface area contributed by atoms with E-state index >= 15 is 0 Å². The number of anilines is 3. The highest BCUT2D eigenvalue weighted by molar-refractivity contribution is 5.94. The minimum atomic E-state index is 0.0600. The predicted octanol–water partition coefficient (Wildman–Crippen LogP) is 5.56. The minimum absolute atomic E-state index is 0.0600. The number of piperazine rings is 1. The van der Waals surface area contributed by atoms with Crippen molar-refractivity contribution in [2.75, 3.05) is 43.4 Å².